The molecule has 0 spiro atoms. The molecule has 0 aromatic heterocycles. The minimum absolute atomic E-state index is 0.0502. The summed E-state index contributed by atoms with van der Waals surface area (Å²) in [6, 6.07) is 3.57. The predicted molar refractivity (Wildman–Crippen MR) is 80.5 cm³/mol. The van der Waals surface area contributed by atoms with E-state index in [-0.39, 0.29) is 23.5 Å². The molecule has 1 aromatic carbocycles. The zero-order valence-electron chi connectivity index (χ0n) is 12.3. The number of hydrogen-bond acceptors (Lipinski definition) is 3. The second-order valence-corrected chi connectivity index (χ2v) is 6.21. The van der Waals surface area contributed by atoms with Crippen LogP contribution in [0.1, 0.15) is 12.8 Å². The summed E-state index contributed by atoms with van der Waals surface area (Å²) in [5.74, 6) is -1.99. The van der Waals surface area contributed by atoms with E-state index >= 15 is 0 Å². The van der Waals surface area contributed by atoms with E-state index in [9.17, 15) is 18.4 Å². The molecule has 1 aromatic rings. The second-order valence-electron chi connectivity index (χ2n) is 5.16. The van der Waals surface area contributed by atoms with Crippen molar-refractivity contribution in [3.8, 4) is 0 Å². The van der Waals surface area contributed by atoms with Crippen LogP contribution in [-0.2, 0) is 9.59 Å². The van der Waals surface area contributed by atoms with Crippen molar-refractivity contribution in [1.29, 1.82) is 0 Å². The molecule has 1 fully saturated rings. The summed E-state index contributed by atoms with van der Waals surface area (Å²) in [5.41, 5.74) is 0. The SMILES string of the molecule is CNC(=O)[C@H]1CCCN(C(=O)CSc2ccc(F)c(F)c2)C1. The first kappa shape index (κ1) is 16.7. The first-order valence-corrected chi connectivity index (χ1v) is 8.07. The molecule has 120 valence electrons. The Labute approximate surface area is 132 Å². The van der Waals surface area contributed by atoms with Crippen molar-refractivity contribution in [3.63, 3.8) is 0 Å². The third kappa shape index (κ3) is 4.19. The average Bonchev–Trinajstić information content (AvgIpc) is 2.55. The van der Waals surface area contributed by atoms with Gasteiger partial charge in [0, 0.05) is 25.0 Å². The van der Waals surface area contributed by atoms with E-state index in [1.807, 2.05) is 0 Å². The number of likely N-dealkylation sites (tertiary alicyclic amines) is 1. The van der Waals surface area contributed by atoms with Gasteiger partial charge in [0.05, 0.1) is 11.7 Å². The van der Waals surface area contributed by atoms with Gasteiger partial charge in [0.2, 0.25) is 11.8 Å². The Hall–Kier alpha value is -1.63. The molecule has 0 radical (unpaired) electrons. The summed E-state index contributed by atoms with van der Waals surface area (Å²) in [4.78, 5) is 26.0. The van der Waals surface area contributed by atoms with Gasteiger partial charge in [0.1, 0.15) is 0 Å². The summed E-state index contributed by atoms with van der Waals surface area (Å²) in [5, 5.41) is 2.60. The van der Waals surface area contributed by atoms with Gasteiger partial charge in [0.25, 0.3) is 0 Å². The molecule has 1 heterocycles. The lowest BCUT2D eigenvalue weighted by Crippen LogP contribution is -2.45. The van der Waals surface area contributed by atoms with Gasteiger partial charge in [-0.3, -0.25) is 9.59 Å². The number of amides is 2. The van der Waals surface area contributed by atoms with E-state index in [4.69, 9.17) is 0 Å². The van der Waals surface area contributed by atoms with Crippen molar-refractivity contribution in [3.05, 3.63) is 29.8 Å². The molecule has 4 nitrogen and oxygen atoms in total. The molecule has 22 heavy (non-hydrogen) atoms. The number of halogens is 2. The maximum atomic E-state index is 13.1. The highest BCUT2D eigenvalue weighted by Crippen LogP contribution is 2.22. The molecule has 0 unspecified atom stereocenters. The van der Waals surface area contributed by atoms with Crippen LogP contribution in [0.25, 0.3) is 0 Å². The van der Waals surface area contributed by atoms with Crippen molar-refractivity contribution >= 4 is 23.6 Å². The van der Waals surface area contributed by atoms with Crippen LogP contribution < -0.4 is 5.32 Å². The van der Waals surface area contributed by atoms with Gasteiger partial charge in [-0.15, -0.1) is 11.8 Å². The lowest BCUT2D eigenvalue weighted by Gasteiger charge is -2.31. The topological polar surface area (TPSA) is 49.4 Å². The Morgan fingerprint density at radius 1 is 1.36 bits per heavy atom. The molecule has 1 aliphatic heterocycles. The highest BCUT2D eigenvalue weighted by atomic mass is 32.2. The predicted octanol–water partition coefficient (Wildman–Crippen LogP) is 2.04. The standard InChI is InChI=1S/C15H18F2N2O2S/c1-18-15(21)10-3-2-6-19(8-10)14(20)9-22-11-4-5-12(16)13(17)7-11/h4-5,7,10H,2-3,6,8-9H2,1H3,(H,18,21)/t10-/m0/s1. The number of carbonyl (C=O) groups excluding carboxylic acids is 2. The summed E-state index contributed by atoms with van der Waals surface area (Å²) in [6.45, 7) is 1.04. The summed E-state index contributed by atoms with van der Waals surface area (Å²) in [7, 11) is 1.59. The Balaban J connectivity index is 1.88. The van der Waals surface area contributed by atoms with Gasteiger partial charge >= 0.3 is 0 Å². The van der Waals surface area contributed by atoms with Crippen molar-refractivity contribution in [2.45, 2.75) is 17.7 Å². The largest absolute Gasteiger partial charge is 0.359 e. The van der Waals surface area contributed by atoms with Gasteiger partial charge < -0.3 is 10.2 Å². The third-order valence-electron chi connectivity index (χ3n) is 3.64. The van der Waals surface area contributed by atoms with Crippen LogP contribution >= 0.6 is 11.8 Å². The van der Waals surface area contributed by atoms with E-state index in [1.54, 1.807) is 11.9 Å². The lowest BCUT2D eigenvalue weighted by molar-refractivity contribution is -0.133. The summed E-state index contributed by atoms with van der Waals surface area (Å²) in [6.07, 6.45) is 1.57. The zero-order valence-corrected chi connectivity index (χ0v) is 13.1. The number of carbonyl (C=O) groups is 2. The fraction of sp³-hybridized carbons (Fsp3) is 0.467. The van der Waals surface area contributed by atoms with Crippen LogP contribution in [0.2, 0.25) is 0 Å². The number of hydrogen-bond donors (Lipinski definition) is 1. The first-order chi connectivity index (χ1) is 10.5. The molecular weight excluding hydrogens is 310 g/mol. The van der Waals surface area contributed by atoms with E-state index in [0.717, 1.165) is 36.7 Å². The molecule has 2 amide bonds. The van der Waals surface area contributed by atoms with Crippen molar-refractivity contribution < 1.29 is 18.4 Å². The Bertz CT molecular complexity index is 568. The summed E-state index contributed by atoms with van der Waals surface area (Å²) < 4.78 is 26.0. The Morgan fingerprint density at radius 3 is 2.82 bits per heavy atom. The molecular formula is C15H18F2N2O2S. The van der Waals surface area contributed by atoms with Crippen LogP contribution in [0, 0.1) is 17.6 Å². The van der Waals surface area contributed by atoms with Crippen molar-refractivity contribution in [2.24, 2.45) is 5.92 Å². The monoisotopic (exact) mass is 328 g/mol. The molecule has 7 heteroatoms. The quantitative estimate of drug-likeness (QED) is 0.861. The number of rotatable bonds is 4. The number of piperidine rings is 1. The van der Waals surface area contributed by atoms with E-state index in [1.165, 1.54) is 6.07 Å². The number of nitrogens with zero attached hydrogens (tertiary/aromatic N) is 1. The average molecular weight is 328 g/mol. The van der Waals surface area contributed by atoms with Gasteiger partial charge in [-0.05, 0) is 31.0 Å². The second kappa shape index (κ2) is 7.58. The van der Waals surface area contributed by atoms with Crippen LogP contribution in [0.3, 0.4) is 0 Å². The van der Waals surface area contributed by atoms with Gasteiger partial charge in [0.15, 0.2) is 11.6 Å². The van der Waals surface area contributed by atoms with E-state index in [2.05, 4.69) is 5.32 Å². The molecule has 1 N–H and O–H groups in total. The third-order valence-corrected chi connectivity index (χ3v) is 4.62. The highest BCUT2D eigenvalue weighted by Gasteiger charge is 2.27. The molecule has 0 bridgehead atoms. The molecule has 1 atom stereocenters. The maximum Gasteiger partial charge on any atom is 0.232 e. The van der Waals surface area contributed by atoms with Gasteiger partial charge in [-0.2, -0.15) is 0 Å². The zero-order chi connectivity index (χ0) is 16.1. The molecule has 0 saturated carbocycles. The minimum Gasteiger partial charge on any atom is -0.359 e. The fourth-order valence-corrected chi connectivity index (χ4v) is 3.25. The van der Waals surface area contributed by atoms with E-state index in [0.29, 0.717) is 18.0 Å². The Morgan fingerprint density at radius 2 is 2.14 bits per heavy atom. The lowest BCUT2D eigenvalue weighted by atomic mass is 9.97. The fourth-order valence-electron chi connectivity index (χ4n) is 2.42. The number of benzene rings is 1. The van der Waals surface area contributed by atoms with Gasteiger partial charge in [-0.1, -0.05) is 0 Å². The van der Waals surface area contributed by atoms with Crippen molar-refractivity contribution in [2.75, 3.05) is 25.9 Å². The Kier molecular flexibility index (Phi) is 5.76. The van der Waals surface area contributed by atoms with Crippen LogP contribution in [0.5, 0.6) is 0 Å². The minimum atomic E-state index is -0.921. The molecule has 1 saturated heterocycles. The van der Waals surface area contributed by atoms with Crippen LogP contribution in [0.4, 0.5) is 8.78 Å². The smallest absolute Gasteiger partial charge is 0.232 e. The maximum absolute atomic E-state index is 13.1. The molecule has 0 aliphatic carbocycles. The van der Waals surface area contributed by atoms with Crippen LogP contribution in [-0.4, -0.2) is 42.6 Å². The first-order valence-electron chi connectivity index (χ1n) is 7.08. The number of nitrogens with one attached hydrogen (secondary N) is 1. The molecule has 1 aliphatic rings. The van der Waals surface area contributed by atoms with E-state index < -0.39 is 11.6 Å². The summed E-state index contributed by atoms with van der Waals surface area (Å²) >= 11 is 1.16. The normalized spacial score (nSPS) is 18.1. The van der Waals surface area contributed by atoms with Crippen molar-refractivity contribution in [1.82, 2.24) is 10.2 Å². The van der Waals surface area contributed by atoms with Crippen LogP contribution in [0.15, 0.2) is 23.1 Å². The van der Waals surface area contributed by atoms with Gasteiger partial charge in [-0.25, -0.2) is 8.78 Å². The number of thioether (sulfide) groups is 1. The molecule has 2 rings (SSSR count). The highest BCUT2D eigenvalue weighted by molar-refractivity contribution is 8.00.